The van der Waals surface area contributed by atoms with E-state index in [2.05, 4.69) is 17.2 Å². The summed E-state index contributed by atoms with van der Waals surface area (Å²) in [4.78, 5) is 24.7. The molecule has 2 aromatic carbocycles. The van der Waals surface area contributed by atoms with Crippen molar-refractivity contribution in [2.45, 2.75) is 26.0 Å². The first-order valence-corrected chi connectivity index (χ1v) is 9.28. The lowest BCUT2D eigenvalue weighted by Gasteiger charge is -2.34. The van der Waals surface area contributed by atoms with Crippen LogP contribution < -0.4 is 15.4 Å². The van der Waals surface area contributed by atoms with Crippen LogP contribution in [0.5, 0.6) is 5.75 Å². The second kappa shape index (κ2) is 9.08. The Kier molecular flexibility index (Phi) is 6.32. The number of rotatable bonds is 7. The van der Waals surface area contributed by atoms with Crippen molar-refractivity contribution >= 4 is 12.0 Å². The Morgan fingerprint density at radius 1 is 1.11 bits per heavy atom. The normalized spacial score (nSPS) is 18.8. The fourth-order valence-corrected chi connectivity index (χ4v) is 3.12. The zero-order valence-corrected chi connectivity index (χ0v) is 15.8. The number of para-hydroxylation sites is 1. The maximum Gasteiger partial charge on any atom is 0.319 e. The highest BCUT2D eigenvalue weighted by Gasteiger charge is 2.40. The van der Waals surface area contributed by atoms with Gasteiger partial charge in [0, 0.05) is 11.3 Å². The van der Waals surface area contributed by atoms with Crippen LogP contribution in [0.2, 0.25) is 0 Å². The maximum absolute atomic E-state index is 12.6. The standard InChI is InChI=1S/C22H24N2O4/c1-3-13-27-21(25)19-15(2)23-22(26)24-20(19)17-11-7-8-12-18(17)28-14-16-9-5-4-6-10-16/h4-12,19-20H,2-3,13-14H2,1H3,(H2,23,24,26)/t19-,20+/m0/s1. The molecule has 0 spiro atoms. The van der Waals surface area contributed by atoms with Crippen LogP contribution in [-0.2, 0) is 16.1 Å². The SMILES string of the molecule is C=C1NC(=O)N[C@H](c2ccccc2OCc2ccccc2)[C@H]1C(=O)OCCC. The van der Waals surface area contributed by atoms with E-state index in [-0.39, 0.29) is 0 Å². The summed E-state index contributed by atoms with van der Waals surface area (Å²) < 4.78 is 11.3. The third kappa shape index (κ3) is 4.52. The first-order valence-electron chi connectivity index (χ1n) is 9.28. The molecule has 1 saturated heterocycles. The van der Waals surface area contributed by atoms with Gasteiger partial charge in [0.05, 0.1) is 12.6 Å². The Balaban J connectivity index is 1.87. The van der Waals surface area contributed by atoms with E-state index in [4.69, 9.17) is 9.47 Å². The molecule has 0 saturated carbocycles. The van der Waals surface area contributed by atoms with E-state index in [9.17, 15) is 9.59 Å². The molecule has 0 aromatic heterocycles. The molecule has 1 aliphatic heterocycles. The lowest BCUT2D eigenvalue weighted by molar-refractivity contribution is -0.148. The molecule has 0 unspecified atom stereocenters. The van der Waals surface area contributed by atoms with Gasteiger partial charge in [-0.25, -0.2) is 4.79 Å². The Morgan fingerprint density at radius 3 is 2.57 bits per heavy atom. The van der Waals surface area contributed by atoms with Crippen LogP contribution in [0.1, 0.15) is 30.5 Å². The summed E-state index contributed by atoms with van der Waals surface area (Å²) >= 11 is 0. The number of nitrogens with one attached hydrogen (secondary N) is 2. The third-order valence-corrected chi connectivity index (χ3v) is 4.46. The summed E-state index contributed by atoms with van der Waals surface area (Å²) in [6.07, 6.45) is 0.714. The van der Waals surface area contributed by atoms with Crippen molar-refractivity contribution in [1.29, 1.82) is 0 Å². The minimum absolute atomic E-state index is 0.313. The molecule has 2 N–H and O–H groups in total. The van der Waals surface area contributed by atoms with Crippen molar-refractivity contribution in [3.63, 3.8) is 0 Å². The average Bonchev–Trinajstić information content (AvgIpc) is 2.71. The number of benzene rings is 2. The molecule has 1 fully saturated rings. The Hall–Kier alpha value is -3.28. The van der Waals surface area contributed by atoms with Gasteiger partial charge in [0.1, 0.15) is 18.3 Å². The van der Waals surface area contributed by atoms with E-state index in [1.807, 2.05) is 61.5 Å². The molecular weight excluding hydrogens is 356 g/mol. The highest BCUT2D eigenvalue weighted by molar-refractivity contribution is 5.85. The number of amides is 2. The van der Waals surface area contributed by atoms with Gasteiger partial charge in [-0.3, -0.25) is 4.79 Å². The molecule has 1 heterocycles. The number of ether oxygens (including phenoxy) is 2. The molecule has 6 nitrogen and oxygen atoms in total. The van der Waals surface area contributed by atoms with Crippen LogP contribution in [0.25, 0.3) is 0 Å². The molecule has 6 heteroatoms. The van der Waals surface area contributed by atoms with Gasteiger partial charge >= 0.3 is 12.0 Å². The van der Waals surface area contributed by atoms with Crippen LogP contribution in [0.3, 0.4) is 0 Å². The van der Waals surface area contributed by atoms with Crippen LogP contribution in [-0.4, -0.2) is 18.6 Å². The molecule has 2 atom stereocenters. The van der Waals surface area contributed by atoms with Gasteiger partial charge in [-0.15, -0.1) is 0 Å². The minimum Gasteiger partial charge on any atom is -0.489 e. The first kappa shape index (κ1) is 19.5. The van der Waals surface area contributed by atoms with Crippen molar-refractivity contribution in [2.75, 3.05) is 6.61 Å². The zero-order valence-electron chi connectivity index (χ0n) is 15.8. The molecule has 2 amide bonds. The van der Waals surface area contributed by atoms with Crippen LogP contribution >= 0.6 is 0 Å². The molecule has 0 radical (unpaired) electrons. The van der Waals surface area contributed by atoms with Crippen molar-refractivity contribution in [3.8, 4) is 5.75 Å². The highest BCUT2D eigenvalue weighted by Crippen LogP contribution is 2.35. The smallest absolute Gasteiger partial charge is 0.319 e. The highest BCUT2D eigenvalue weighted by atomic mass is 16.5. The Morgan fingerprint density at radius 2 is 1.82 bits per heavy atom. The van der Waals surface area contributed by atoms with Crippen molar-refractivity contribution in [1.82, 2.24) is 10.6 Å². The van der Waals surface area contributed by atoms with Gasteiger partial charge < -0.3 is 20.1 Å². The quantitative estimate of drug-likeness (QED) is 0.718. The molecule has 146 valence electrons. The van der Waals surface area contributed by atoms with Gasteiger partial charge in [0.2, 0.25) is 0 Å². The predicted molar refractivity (Wildman–Crippen MR) is 106 cm³/mol. The van der Waals surface area contributed by atoms with Crippen LogP contribution in [0.4, 0.5) is 4.79 Å². The number of hydrogen-bond donors (Lipinski definition) is 2. The second-order valence-corrected chi connectivity index (χ2v) is 6.56. The van der Waals surface area contributed by atoms with Gasteiger partial charge in [0.15, 0.2) is 0 Å². The lowest BCUT2D eigenvalue weighted by Crippen LogP contribution is -2.51. The lowest BCUT2D eigenvalue weighted by atomic mass is 9.88. The molecular formula is C22H24N2O4. The Labute approximate surface area is 164 Å². The molecule has 2 aromatic rings. The number of hydrogen-bond acceptors (Lipinski definition) is 4. The molecule has 0 bridgehead atoms. The van der Waals surface area contributed by atoms with Crippen LogP contribution in [0, 0.1) is 5.92 Å². The van der Waals surface area contributed by atoms with Gasteiger partial charge in [-0.05, 0) is 18.1 Å². The number of urea groups is 1. The largest absolute Gasteiger partial charge is 0.489 e. The predicted octanol–water partition coefficient (Wildman–Crippen LogP) is 3.70. The van der Waals surface area contributed by atoms with Crippen LogP contribution in [0.15, 0.2) is 66.9 Å². The monoisotopic (exact) mass is 380 g/mol. The topological polar surface area (TPSA) is 76.7 Å². The summed E-state index contributed by atoms with van der Waals surface area (Å²) in [6, 6.07) is 16.1. The molecule has 3 rings (SSSR count). The Bertz CT molecular complexity index is 851. The van der Waals surface area contributed by atoms with E-state index in [1.165, 1.54) is 0 Å². The van der Waals surface area contributed by atoms with E-state index < -0.39 is 24.0 Å². The fourth-order valence-electron chi connectivity index (χ4n) is 3.12. The summed E-state index contributed by atoms with van der Waals surface area (Å²) in [5.41, 5.74) is 2.04. The summed E-state index contributed by atoms with van der Waals surface area (Å²) in [6.45, 7) is 6.48. The van der Waals surface area contributed by atoms with E-state index in [1.54, 1.807) is 0 Å². The van der Waals surface area contributed by atoms with Gasteiger partial charge in [-0.2, -0.15) is 0 Å². The fraction of sp³-hybridized carbons (Fsp3) is 0.273. The van der Waals surface area contributed by atoms with Crippen molar-refractivity contribution in [3.05, 3.63) is 78.0 Å². The van der Waals surface area contributed by atoms with E-state index in [0.717, 1.165) is 5.56 Å². The van der Waals surface area contributed by atoms with Crippen molar-refractivity contribution < 1.29 is 19.1 Å². The van der Waals surface area contributed by atoms with E-state index >= 15 is 0 Å². The van der Waals surface area contributed by atoms with E-state index in [0.29, 0.717) is 36.6 Å². The second-order valence-electron chi connectivity index (χ2n) is 6.56. The van der Waals surface area contributed by atoms with Gasteiger partial charge in [0.25, 0.3) is 0 Å². The molecule has 28 heavy (non-hydrogen) atoms. The molecule has 1 aliphatic rings. The molecule has 0 aliphatic carbocycles. The summed E-state index contributed by atoms with van der Waals surface area (Å²) in [5.74, 6) is -0.576. The average molecular weight is 380 g/mol. The summed E-state index contributed by atoms with van der Waals surface area (Å²) in [5, 5.41) is 5.39. The minimum atomic E-state index is -0.745. The number of carbonyl (C=O) groups excluding carboxylic acids is 2. The zero-order chi connectivity index (χ0) is 19.9. The third-order valence-electron chi connectivity index (χ3n) is 4.46. The maximum atomic E-state index is 12.6. The number of esters is 1. The first-order chi connectivity index (χ1) is 13.6. The summed E-state index contributed by atoms with van der Waals surface area (Å²) in [7, 11) is 0. The van der Waals surface area contributed by atoms with Gasteiger partial charge in [-0.1, -0.05) is 62.0 Å². The van der Waals surface area contributed by atoms with Crippen molar-refractivity contribution in [2.24, 2.45) is 5.92 Å². The number of carbonyl (C=O) groups is 2.